The zero-order valence-corrected chi connectivity index (χ0v) is 11.0. The molecule has 5 heteroatoms. The summed E-state index contributed by atoms with van der Waals surface area (Å²) >= 11 is 0. The second-order valence-corrected chi connectivity index (χ2v) is 4.41. The smallest absolute Gasteiger partial charge is 0.258 e. The molecular formula is C15H14N4O. The number of nitrogens with zero attached hydrogens (tertiary/aromatic N) is 2. The molecule has 20 heavy (non-hydrogen) atoms. The van der Waals surface area contributed by atoms with Crippen LogP contribution in [0.5, 0.6) is 0 Å². The van der Waals surface area contributed by atoms with Crippen LogP contribution >= 0.6 is 0 Å². The van der Waals surface area contributed by atoms with Crippen molar-refractivity contribution in [3.63, 3.8) is 0 Å². The minimum absolute atomic E-state index is 0.237. The molecule has 4 N–H and O–H groups in total. The molecule has 0 saturated heterocycles. The highest BCUT2D eigenvalue weighted by molar-refractivity contribution is 6.06. The predicted molar refractivity (Wildman–Crippen MR) is 79.2 cm³/mol. The van der Waals surface area contributed by atoms with Crippen LogP contribution < -0.4 is 16.4 Å². The second-order valence-electron chi connectivity index (χ2n) is 4.41. The zero-order valence-electron chi connectivity index (χ0n) is 11.0. The number of hydrogen-bond acceptors (Lipinski definition) is 4. The maximum Gasteiger partial charge on any atom is 0.258 e. The number of benzene rings is 2. The Kier molecular flexibility index (Phi) is 3.58. The molecule has 0 unspecified atom stereocenters. The van der Waals surface area contributed by atoms with Crippen LogP contribution in [0.3, 0.4) is 0 Å². The third kappa shape index (κ3) is 2.70. The van der Waals surface area contributed by atoms with E-state index < -0.39 is 0 Å². The molecule has 0 atom stereocenters. The van der Waals surface area contributed by atoms with Gasteiger partial charge >= 0.3 is 0 Å². The Balaban J connectivity index is 2.35. The van der Waals surface area contributed by atoms with Crippen LogP contribution in [-0.4, -0.2) is 13.0 Å². The van der Waals surface area contributed by atoms with Gasteiger partial charge in [0.25, 0.3) is 5.91 Å². The number of nitriles is 1. The van der Waals surface area contributed by atoms with Gasteiger partial charge in [0.2, 0.25) is 0 Å². The van der Waals surface area contributed by atoms with E-state index in [4.69, 9.17) is 16.7 Å². The van der Waals surface area contributed by atoms with E-state index >= 15 is 0 Å². The van der Waals surface area contributed by atoms with Gasteiger partial charge in [-0.2, -0.15) is 5.26 Å². The number of hydrogen-bond donors (Lipinski definition) is 2. The lowest BCUT2D eigenvalue weighted by atomic mass is 10.1. The molecule has 0 radical (unpaired) electrons. The average Bonchev–Trinajstić information content (AvgIpc) is 2.44. The zero-order chi connectivity index (χ0) is 14.7. The summed E-state index contributed by atoms with van der Waals surface area (Å²) < 4.78 is 0. The third-order valence-corrected chi connectivity index (χ3v) is 2.89. The highest BCUT2D eigenvalue weighted by Gasteiger charge is 2.14. The first-order valence-corrected chi connectivity index (χ1v) is 5.95. The van der Waals surface area contributed by atoms with Gasteiger partial charge in [0.1, 0.15) is 0 Å². The van der Waals surface area contributed by atoms with Crippen LogP contribution in [0.25, 0.3) is 0 Å². The van der Waals surface area contributed by atoms with Crippen molar-refractivity contribution in [1.82, 2.24) is 0 Å². The minimum Gasteiger partial charge on any atom is -0.399 e. The van der Waals surface area contributed by atoms with Crippen molar-refractivity contribution in [1.29, 1.82) is 5.26 Å². The van der Waals surface area contributed by atoms with Gasteiger partial charge in [-0.05, 0) is 36.4 Å². The summed E-state index contributed by atoms with van der Waals surface area (Å²) in [4.78, 5) is 13.8. The number of nitrogens with two attached hydrogens (primary N) is 2. The summed E-state index contributed by atoms with van der Waals surface area (Å²) in [7, 11) is 1.64. The van der Waals surface area contributed by atoms with Gasteiger partial charge in [0.15, 0.2) is 0 Å². The van der Waals surface area contributed by atoms with Gasteiger partial charge in [0, 0.05) is 29.7 Å². The maximum absolute atomic E-state index is 12.4. The quantitative estimate of drug-likeness (QED) is 0.812. The molecule has 0 aliphatic heterocycles. The van der Waals surface area contributed by atoms with Crippen molar-refractivity contribution >= 4 is 23.0 Å². The molecular weight excluding hydrogens is 252 g/mol. The van der Waals surface area contributed by atoms with E-state index in [1.165, 1.54) is 4.90 Å². The van der Waals surface area contributed by atoms with Gasteiger partial charge in [-0.25, -0.2) is 0 Å². The lowest BCUT2D eigenvalue weighted by molar-refractivity contribution is 0.0993. The second kappa shape index (κ2) is 5.33. The van der Waals surface area contributed by atoms with E-state index in [0.717, 1.165) is 0 Å². The van der Waals surface area contributed by atoms with E-state index in [0.29, 0.717) is 28.2 Å². The molecule has 0 aliphatic rings. The molecule has 0 aliphatic carbocycles. The van der Waals surface area contributed by atoms with E-state index in [-0.39, 0.29) is 5.91 Å². The summed E-state index contributed by atoms with van der Waals surface area (Å²) in [6.07, 6.45) is 0. The normalized spacial score (nSPS) is 9.80. The third-order valence-electron chi connectivity index (χ3n) is 2.89. The Morgan fingerprint density at radius 1 is 1.15 bits per heavy atom. The topological polar surface area (TPSA) is 96.1 Å². The molecule has 2 aromatic rings. The Morgan fingerprint density at radius 2 is 1.80 bits per heavy atom. The highest BCUT2D eigenvalue weighted by Crippen LogP contribution is 2.20. The maximum atomic E-state index is 12.4. The van der Waals surface area contributed by atoms with Crippen molar-refractivity contribution in [2.24, 2.45) is 0 Å². The fourth-order valence-electron chi connectivity index (χ4n) is 1.90. The summed E-state index contributed by atoms with van der Waals surface area (Å²) in [6.45, 7) is 0. The number of nitrogen functional groups attached to an aromatic ring is 2. The molecule has 0 saturated carbocycles. The number of carbonyl (C=O) groups excluding carboxylic acids is 1. The Labute approximate surface area is 117 Å². The number of amides is 1. The van der Waals surface area contributed by atoms with Gasteiger partial charge in [-0.1, -0.05) is 6.07 Å². The van der Waals surface area contributed by atoms with Crippen molar-refractivity contribution in [3.05, 3.63) is 53.6 Å². The van der Waals surface area contributed by atoms with Crippen LogP contribution in [-0.2, 0) is 0 Å². The Morgan fingerprint density at radius 3 is 2.40 bits per heavy atom. The molecule has 2 aromatic carbocycles. The van der Waals surface area contributed by atoms with Crippen molar-refractivity contribution in [2.45, 2.75) is 0 Å². The standard InChI is InChI=1S/C15H14N4O/c1-19(14-4-2-3-10(5-14)9-16)15(20)11-6-12(17)8-13(18)7-11/h2-8H,17-18H2,1H3. The van der Waals surface area contributed by atoms with Crippen molar-refractivity contribution in [2.75, 3.05) is 23.4 Å². The van der Waals surface area contributed by atoms with Crippen molar-refractivity contribution < 1.29 is 4.79 Å². The minimum atomic E-state index is -0.237. The Bertz CT molecular complexity index is 683. The molecule has 0 aromatic heterocycles. The average molecular weight is 266 g/mol. The van der Waals surface area contributed by atoms with Gasteiger partial charge in [-0.15, -0.1) is 0 Å². The van der Waals surface area contributed by atoms with Crippen molar-refractivity contribution in [3.8, 4) is 6.07 Å². The van der Waals surface area contributed by atoms with Gasteiger partial charge in [-0.3, -0.25) is 4.79 Å². The summed E-state index contributed by atoms with van der Waals surface area (Å²) in [6, 6.07) is 13.6. The first kappa shape index (κ1) is 13.4. The van der Waals surface area contributed by atoms with E-state index in [9.17, 15) is 4.79 Å². The summed E-state index contributed by atoms with van der Waals surface area (Å²) in [5.41, 5.74) is 13.8. The first-order valence-electron chi connectivity index (χ1n) is 5.95. The number of anilines is 3. The van der Waals surface area contributed by atoms with Crippen LogP contribution in [0, 0.1) is 11.3 Å². The summed E-state index contributed by atoms with van der Waals surface area (Å²) in [5, 5.41) is 8.89. The lowest BCUT2D eigenvalue weighted by Crippen LogP contribution is -2.26. The number of rotatable bonds is 2. The molecule has 1 amide bonds. The fraction of sp³-hybridized carbons (Fsp3) is 0.0667. The Hall–Kier alpha value is -3.00. The summed E-state index contributed by atoms with van der Waals surface area (Å²) in [5.74, 6) is -0.237. The number of carbonyl (C=O) groups is 1. The monoisotopic (exact) mass is 266 g/mol. The lowest BCUT2D eigenvalue weighted by Gasteiger charge is -2.18. The molecule has 0 heterocycles. The SMILES string of the molecule is CN(C(=O)c1cc(N)cc(N)c1)c1cccc(C#N)c1. The van der Waals surface area contributed by atoms with Gasteiger partial charge < -0.3 is 16.4 Å². The van der Waals surface area contributed by atoms with Crippen LogP contribution in [0.4, 0.5) is 17.1 Å². The van der Waals surface area contributed by atoms with E-state index in [1.807, 2.05) is 6.07 Å². The predicted octanol–water partition coefficient (Wildman–Crippen LogP) is 2.00. The van der Waals surface area contributed by atoms with Gasteiger partial charge in [0.05, 0.1) is 11.6 Å². The molecule has 2 rings (SSSR count). The van der Waals surface area contributed by atoms with Crippen LogP contribution in [0.2, 0.25) is 0 Å². The fourth-order valence-corrected chi connectivity index (χ4v) is 1.90. The van der Waals surface area contributed by atoms with E-state index in [2.05, 4.69) is 0 Å². The van der Waals surface area contributed by atoms with Crippen LogP contribution in [0.15, 0.2) is 42.5 Å². The largest absolute Gasteiger partial charge is 0.399 e. The molecule has 0 fully saturated rings. The van der Waals surface area contributed by atoms with E-state index in [1.54, 1.807) is 49.5 Å². The first-order chi connectivity index (χ1) is 9.51. The molecule has 100 valence electrons. The molecule has 0 spiro atoms. The van der Waals surface area contributed by atoms with Crippen LogP contribution in [0.1, 0.15) is 15.9 Å². The molecule has 5 nitrogen and oxygen atoms in total. The highest BCUT2D eigenvalue weighted by atomic mass is 16.2. The molecule has 0 bridgehead atoms.